The number of hydrogen-bond acceptors (Lipinski definition) is 3. The van der Waals surface area contributed by atoms with Crippen LogP contribution in [0.1, 0.15) is 42.2 Å². The van der Waals surface area contributed by atoms with Crippen LogP contribution in [-0.4, -0.2) is 40.4 Å². The predicted octanol–water partition coefficient (Wildman–Crippen LogP) is 3.44. The van der Waals surface area contributed by atoms with E-state index in [4.69, 9.17) is 11.6 Å². The van der Waals surface area contributed by atoms with Crippen LogP contribution in [0.4, 0.5) is 0 Å². The summed E-state index contributed by atoms with van der Waals surface area (Å²) in [5.74, 6) is 2.50. The maximum Gasteiger partial charge on any atom is 0.254 e. The third kappa shape index (κ3) is 3.86. The van der Waals surface area contributed by atoms with Gasteiger partial charge in [0.15, 0.2) is 0 Å². The monoisotopic (exact) mass is 298 g/mol. The van der Waals surface area contributed by atoms with E-state index in [0.29, 0.717) is 10.7 Å². The third-order valence-electron chi connectivity index (χ3n) is 3.16. The summed E-state index contributed by atoms with van der Waals surface area (Å²) in [5.41, 5.74) is 1.54. The number of pyridine rings is 1. The quantitative estimate of drug-likeness (QED) is 0.784. The first kappa shape index (κ1) is 14.7. The Hall–Kier alpha value is -0.740. The molecule has 1 aliphatic rings. The molecule has 0 bridgehead atoms. The minimum atomic E-state index is 0.0775. The Morgan fingerprint density at radius 3 is 2.89 bits per heavy atom. The zero-order chi connectivity index (χ0) is 13.8. The summed E-state index contributed by atoms with van der Waals surface area (Å²) in [6.45, 7) is 5.76. The first-order chi connectivity index (χ1) is 9.08. The lowest BCUT2D eigenvalue weighted by Gasteiger charge is -2.20. The minimum Gasteiger partial charge on any atom is -0.338 e. The third-order valence-corrected chi connectivity index (χ3v) is 4.40. The fourth-order valence-electron chi connectivity index (χ4n) is 2.07. The fourth-order valence-corrected chi connectivity index (χ4v) is 3.17. The molecule has 0 unspecified atom stereocenters. The second kappa shape index (κ2) is 6.62. The van der Waals surface area contributed by atoms with Gasteiger partial charge in [-0.2, -0.15) is 11.8 Å². The van der Waals surface area contributed by atoms with Gasteiger partial charge in [0.1, 0.15) is 5.15 Å². The van der Waals surface area contributed by atoms with Gasteiger partial charge in [-0.1, -0.05) is 25.4 Å². The van der Waals surface area contributed by atoms with Gasteiger partial charge in [0.25, 0.3) is 5.91 Å². The highest BCUT2D eigenvalue weighted by molar-refractivity contribution is 7.99. The van der Waals surface area contributed by atoms with Crippen molar-refractivity contribution in [2.75, 3.05) is 24.6 Å². The molecule has 1 aliphatic heterocycles. The first-order valence-corrected chi connectivity index (χ1v) is 8.15. The molecule has 0 aliphatic carbocycles. The van der Waals surface area contributed by atoms with Crippen molar-refractivity contribution in [3.8, 4) is 0 Å². The van der Waals surface area contributed by atoms with Gasteiger partial charge < -0.3 is 4.90 Å². The minimum absolute atomic E-state index is 0.0775. The molecule has 1 fully saturated rings. The van der Waals surface area contributed by atoms with Crippen molar-refractivity contribution in [2.24, 2.45) is 0 Å². The van der Waals surface area contributed by atoms with E-state index >= 15 is 0 Å². The van der Waals surface area contributed by atoms with Gasteiger partial charge >= 0.3 is 0 Å². The van der Waals surface area contributed by atoms with Crippen LogP contribution in [0.15, 0.2) is 12.1 Å². The molecule has 0 radical (unpaired) electrons. The lowest BCUT2D eigenvalue weighted by Crippen LogP contribution is -2.33. The van der Waals surface area contributed by atoms with Gasteiger partial charge in [-0.3, -0.25) is 4.79 Å². The van der Waals surface area contributed by atoms with Crippen molar-refractivity contribution in [2.45, 2.75) is 26.2 Å². The van der Waals surface area contributed by atoms with Crippen molar-refractivity contribution in [3.05, 3.63) is 28.5 Å². The number of hydrogen-bond donors (Lipinski definition) is 0. The Kier molecular flexibility index (Phi) is 5.11. The molecule has 0 spiro atoms. The second-order valence-electron chi connectivity index (χ2n) is 5.02. The van der Waals surface area contributed by atoms with Crippen LogP contribution < -0.4 is 0 Å². The molecule has 0 atom stereocenters. The van der Waals surface area contributed by atoms with E-state index in [1.807, 2.05) is 22.7 Å². The summed E-state index contributed by atoms with van der Waals surface area (Å²) in [6.07, 6.45) is 1.06. The summed E-state index contributed by atoms with van der Waals surface area (Å²) in [4.78, 5) is 18.7. The number of rotatable bonds is 2. The molecular weight excluding hydrogens is 280 g/mol. The van der Waals surface area contributed by atoms with E-state index < -0.39 is 0 Å². The maximum atomic E-state index is 12.5. The summed E-state index contributed by atoms with van der Waals surface area (Å²) < 4.78 is 0. The molecule has 19 heavy (non-hydrogen) atoms. The molecule has 0 saturated carbocycles. The van der Waals surface area contributed by atoms with Crippen molar-refractivity contribution in [3.63, 3.8) is 0 Å². The van der Waals surface area contributed by atoms with E-state index in [2.05, 4.69) is 18.8 Å². The maximum absolute atomic E-state index is 12.5. The first-order valence-electron chi connectivity index (χ1n) is 6.62. The van der Waals surface area contributed by atoms with Crippen molar-refractivity contribution >= 4 is 29.3 Å². The van der Waals surface area contributed by atoms with Gasteiger partial charge in [0.05, 0.1) is 0 Å². The molecule has 0 aromatic carbocycles. The zero-order valence-electron chi connectivity index (χ0n) is 11.4. The molecular formula is C14H19ClN2OS. The average Bonchev–Trinajstić information content (AvgIpc) is 2.65. The Morgan fingerprint density at radius 1 is 1.37 bits per heavy atom. The van der Waals surface area contributed by atoms with Crippen LogP contribution in [0.2, 0.25) is 5.15 Å². The van der Waals surface area contributed by atoms with E-state index in [1.165, 1.54) is 0 Å². The van der Waals surface area contributed by atoms with Crippen molar-refractivity contribution < 1.29 is 4.79 Å². The Labute approximate surface area is 123 Å². The largest absolute Gasteiger partial charge is 0.338 e. The smallest absolute Gasteiger partial charge is 0.254 e. The molecule has 1 amide bonds. The lowest BCUT2D eigenvalue weighted by atomic mass is 10.1. The molecule has 3 nitrogen and oxygen atoms in total. The standard InChI is InChI=1S/C14H19ClN2OS/c1-10(2)12-8-11(9-13(15)16-12)14(18)17-4-3-6-19-7-5-17/h8-10H,3-7H2,1-2H3. The number of halogens is 1. The number of carbonyl (C=O) groups excluding carboxylic acids is 1. The van der Waals surface area contributed by atoms with Crippen molar-refractivity contribution in [1.82, 2.24) is 9.88 Å². The number of amides is 1. The van der Waals surface area contributed by atoms with Gasteiger partial charge in [0, 0.05) is 30.1 Å². The number of aromatic nitrogens is 1. The summed E-state index contributed by atoms with van der Waals surface area (Å²) in [7, 11) is 0. The number of carbonyl (C=O) groups is 1. The lowest BCUT2D eigenvalue weighted by molar-refractivity contribution is 0.0768. The summed E-state index contributed by atoms with van der Waals surface area (Å²) >= 11 is 7.93. The Morgan fingerprint density at radius 2 is 2.16 bits per heavy atom. The molecule has 2 rings (SSSR count). The summed E-state index contributed by atoms with van der Waals surface area (Å²) in [5, 5.41) is 0.402. The molecule has 1 aromatic rings. The molecule has 1 saturated heterocycles. The van der Waals surface area contributed by atoms with E-state index in [-0.39, 0.29) is 11.8 Å². The Balaban J connectivity index is 2.22. The SMILES string of the molecule is CC(C)c1cc(C(=O)N2CCCSCC2)cc(Cl)n1. The highest BCUT2D eigenvalue weighted by Crippen LogP contribution is 2.20. The number of thioether (sulfide) groups is 1. The van der Waals surface area contributed by atoms with Crippen LogP contribution in [0.5, 0.6) is 0 Å². The van der Waals surface area contributed by atoms with Gasteiger partial charge in [-0.05, 0) is 30.2 Å². The fraction of sp³-hybridized carbons (Fsp3) is 0.571. The van der Waals surface area contributed by atoms with Gasteiger partial charge in [-0.25, -0.2) is 4.98 Å². The van der Waals surface area contributed by atoms with Crippen LogP contribution in [0, 0.1) is 0 Å². The van der Waals surface area contributed by atoms with Gasteiger partial charge in [0.2, 0.25) is 0 Å². The topological polar surface area (TPSA) is 33.2 Å². The average molecular weight is 299 g/mol. The Bertz CT molecular complexity index is 457. The van der Waals surface area contributed by atoms with E-state index in [0.717, 1.165) is 36.7 Å². The summed E-state index contributed by atoms with van der Waals surface area (Å²) in [6, 6.07) is 3.55. The van der Waals surface area contributed by atoms with Crippen molar-refractivity contribution in [1.29, 1.82) is 0 Å². The molecule has 0 N–H and O–H groups in total. The molecule has 2 heterocycles. The van der Waals surface area contributed by atoms with E-state index in [1.54, 1.807) is 6.07 Å². The van der Waals surface area contributed by atoms with E-state index in [9.17, 15) is 4.79 Å². The highest BCUT2D eigenvalue weighted by Gasteiger charge is 2.19. The van der Waals surface area contributed by atoms with Crippen LogP contribution in [0.3, 0.4) is 0 Å². The van der Waals surface area contributed by atoms with Gasteiger partial charge in [-0.15, -0.1) is 0 Å². The van der Waals surface area contributed by atoms with Crippen LogP contribution >= 0.6 is 23.4 Å². The molecule has 1 aromatic heterocycles. The second-order valence-corrected chi connectivity index (χ2v) is 6.63. The zero-order valence-corrected chi connectivity index (χ0v) is 12.9. The number of nitrogens with zero attached hydrogens (tertiary/aromatic N) is 2. The van der Waals surface area contributed by atoms with Crippen LogP contribution in [-0.2, 0) is 0 Å². The normalized spacial score (nSPS) is 16.5. The molecule has 5 heteroatoms. The molecule has 104 valence electrons. The highest BCUT2D eigenvalue weighted by atomic mass is 35.5. The predicted molar refractivity (Wildman–Crippen MR) is 81.2 cm³/mol. The van der Waals surface area contributed by atoms with Crippen LogP contribution in [0.25, 0.3) is 0 Å².